The minimum absolute atomic E-state index is 0.0614. The van der Waals surface area contributed by atoms with Crippen LogP contribution in [0.2, 0.25) is 0 Å². The van der Waals surface area contributed by atoms with Gasteiger partial charge in [0.15, 0.2) is 11.5 Å². The second kappa shape index (κ2) is 3.79. The summed E-state index contributed by atoms with van der Waals surface area (Å²) < 4.78 is 1.78. The van der Waals surface area contributed by atoms with Crippen LogP contribution in [0.15, 0.2) is 6.33 Å². The van der Waals surface area contributed by atoms with Crippen LogP contribution in [-0.2, 0) is 0 Å². The maximum absolute atomic E-state index is 9.58. The van der Waals surface area contributed by atoms with E-state index in [1.807, 2.05) is 0 Å². The molecule has 3 rings (SSSR count). The van der Waals surface area contributed by atoms with E-state index >= 15 is 0 Å². The number of fused-ring (bicyclic) bond motifs is 1. The molecule has 0 saturated heterocycles. The molecule has 6 N–H and O–H groups in total. The number of hydrogen-bond acceptors (Lipinski definition) is 7. The van der Waals surface area contributed by atoms with Crippen LogP contribution in [0.3, 0.4) is 0 Å². The van der Waals surface area contributed by atoms with Crippen LogP contribution in [-0.4, -0.2) is 41.9 Å². The van der Waals surface area contributed by atoms with Gasteiger partial charge in [-0.2, -0.15) is 9.97 Å². The lowest BCUT2D eigenvalue weighted by molar-refractivity contribution is 0.0438. The van der Waals surface area contributed by atoms with Gasteiger partial charge in [-0.15, -0.1) is 0 Å². The molecule has 96 valence electrons. The van der Waals surface area contributed by atoms with Crippen molar-refractivity contribution in [1.29, 1.82) is 0 Å². The highest BCUT2D eigenvalue weighted by atomic mass is 16.3. The van der Waals surface area contributed by atoms with Crippen molar-refractivity contribution in [2.75, 3.05) is 11.5 Å². The first-order valence-corrected chi connectivity index (χ1v) is 5.68. The lowest BCUT2D eigenvalue weighted by atomic mass is 10.2. The summed E-state index contributed by atoms with van der Waals surface area (Å²) in [4.78, 5) is 12.1. The number of imidazole rings is 1. The maximum Gasteiger partial charge on any atom is 0.224 e. The molecular formula is C10H14N6O2. The summed E-state index contributed by atoms with van der Waals surface area (Å²) in [5.74, 6) is 0.316. The molecule has 0 amide bonds. The van der Waals surface area contributed by atoms with Crippen LogP contribution >= 0.6 is 0 Å². The summed E-state index contributed by atoms with van der Waals surface area (Å²) in [5.41, 5.74) is 12.3. The van der Waals surface area contributed by atoms with Gasteiger partial charge in [0, 0.05) is 6.04 Å². The second-order valence-corrected chi connectivity index (χ2v) is 4.55. The van der Waals surface area contributed by atoms with E-state index < -0.39 is 12.2 Å². The fourth-order valence-corrected chi connectivity index (χ4v) is 2.42. The smallest absolute Gasteiger partial charge is 0.224 e. The van der Waals surface area contributed by atoms with E-state index in [-0.39, 0.29) is 17.8 Å². The highest BCUT2D eigenvalue weighted by Gasteiger charge is 2.33. The standard InChI is InChI=1S/C10H14N6O2/c11-8-7-9(15-10(12)14-8)16(3-13-7)4-1-5(17)6(18)2-4/h3-6,17-18H,1-2H2,(H4,11,12,14,15)/t5-,6-/m1/s1. The highest BCUT2D eigenvalue weighted by Crippen LogP contribution is 2.32. The molecule has 0 unspecified atom stereocenters. The third-order valence-corrected chi connectivity index (χ3v) is 3.33. The molecule has 1 aliphatic carbocycles. The average molecular weight is 250 g/mol. The van der Waals surface area contributed by atoms with E-state index in [2.05, 4.69) is 15.0 Å². The Morgan fingerprint density at radius 1 is 1.17 bits per heavy atom. The van der Waals surface area contributed by atoms with Crippen molar-refractivity contribution in [3.63, 3.8) is 0 Å². The number of hydrogen-bond donors (Lipinski definition) is 4. The van der Waals surface area contributed by atoms with Crippen molar-refractivity contribution >= 4 is 22.9 Å². The molecule has 0 aromatic carbocycles. The predicted molar refractivity (Wildman–Crippen MR) is 64.4 cm³/mol. The van der Waals surface area contributed by atoms with Gasteiger partial charge in [-0.25, -0.2) is 4.98 Å². The SMILES string of the molecule is Nc1nc(N)c2ncn(C3C[C@@H](O)[C@H](O)C3)c2n1. The molecule has 2 aromatic rings. The first-order chi connectivity index (χ1) is 8.56. The molecule has 0 bridgehead atoms. The van der Waals surface area contributed by atoms with Crippen LogP contribution in [0.4, 0.5) is 11.8 Å². The van der Waals surface area contributed by atoms with E-state index in [1.54, 1.807) is 10.9 Å². The zero-order chi connectivity index (χ0) is 12.9. The molecule has 8 heteroatoms. The number of nitrogens with two attached hydrogens (primary N) is 2. The van der Waals surface area contributed by atoms with E-state index in [0.717, 1.165) is 0 Å². The fourth-order valence-electron chi connectivity index (χ4n) is 2.42. The molecule has 2 atom stereocenters. The quantitative estimate of drug-likeness (QED) is 0.512. The molecule has 8 nitrogen and oxygen atoms in total. The molecule has 1 saturated carbocycles. The summed E-state index contributed by atoms with van der Waals surface area (Å²) in [6, 6.07) is -0.0614. The molecule has 0 aliphatic heterocycles. The van der Waals surface area contributed by atoms with Crippen molar-refractivity contribution in [3.05, 3.63) is 6.33 Å². The first kappa shape index (κ1) is 11.2. The van der Waals surface area contributed by atoms with Crippen molar-refractivity contribution < 1.29 is 10.2 Å². The van der Waals surface area contributed by atoms with Gasteiger partial charge in [0.25, 0.3) is 0 Å². The first-order valence-electron chi connectivity index (χ1n) is 5.68. The molecule has 2 aromatic heterocycles. The Bertz CT molecular complexity index is 587. The van der Waals surface area contributed by atoms with Gasteiger partial charge in [-0.05, 0) is 12.8 Å². The summed E-state index contributed by atoms with van der Waals surface area (Å²) in [5, 5.41) is 19.2. The number of rotatable bonds is 1. The normalized spacial score (nSPS) is 25.0. The van der Waals surface area contributed by atoms with Crippen LogP contribution < -0.4 is 11.5 Å². The minimum Gasteiger partial charge on any atom is -0.390 e. The van der Waals surface area contributed by atoms with Crippen molar-refractivity contribution in [2.45, 2.75) is 31.1 Å². The molecule has 1 fully saturated rings. The largest absolute Gasteiger partial charge is 0.390 e. The Hall–Kier alpha value is -1.93. The minimum atomic E-state index is -0.719. The lowest BCUT2D eigenvalue weighted by Gasteiger charge is -2.11. The molecule has 18 heavy (non-hydrogen) atoms. The number of aliphatic hydroxyl groups excluding tert-OH is 2. The van der Waals surface area contributed by atoms with Crippen molar-refractivity contribution in [1.82, 2.24) is 19.5 Å². The highest BCUT2D eigenvalue weighted by molar-refractivity contribution is 5.82. The van der Waals surface area contributed by atoms with Crippen LogP contribution in [0.5, 0.6) is 0 Å². The van der Waals surface area contributed by atoms with Gasteiger partial charge in [-0.3, -0.25) is 0 Å². The number of aromatic nitrogens is 4. The molecule has 0 radical (unpaired) electrons. The average Bonchev–Trinajstić information content (AvgIpc) is 2.83. The zero-order valence-corrected chi connectivity index (χ0v) is 9.56. The molecule has 2 heterocycles. The second-order valence-electron chi connectivity index (χ2n) is 4.55. The Kier molecular flexibility index (Phi) is 2.35. The van der Waals surface area contributed by atoms with Crippen molar-refractivity contribution in [3.8, 4) is 0 Å². The summed E-state index contributed by atoms with van der Waals surface area (Å²) in [6.45, 7) is 0. The summed E-state index contributed by atoms with van der Waals surface area (Å²) >= 11 is 0. The summed E-state index contributed by atoms with van der Waals surface area (Å²) in [6.07, 6.45) is 1.06. The topological polar surface area (TPSA) is 136 Å². The molecular weight excluding hydrogens is 236 g/mol. The van der Waals surface area contributed by atoms with Gasteiger partial charge in [0.2, 0.25) is 5.95 Å². The Morgan fingerprint density at radius 2 is 1.83 bits per heavy atom. The predicted octanol–water partition coefficient (Wildman–Crippen LogP) is -0.953. The van der Waals surface area contributed by atoms with Gasteiger partial charge >= 0.3 is 0 Å². The van der Waals surface area contributed by atoms with Gasteiger partial charge in [0.05, 0.1) is 18.5 Å². The lowest BCUT2D eigenvalue weighted by Crippen LogP contribution is -2.17. The van der Waals surface area contributed by atoms with Crippen LogP contribution in [0.1, 0.15) is 18.9 Å². The van der Waals surface area contributed by atoms with Crippen molar-refractivity contribution in [2.24, 2.45) is 0 Å². The summed E-state index contributed by atoms with van der Waals surface area (Å²) in [7, 11) is 0. The Morgan fingerprint density at radius 3 is 2.50 bits per heavy atom. The van der Waals surface area contributed by atoms with Crippen LogP contribution in [0.25, 0.3) is 11.2 Å². The fraction of sp³-hybridized carbons (Fsp3) is 0.500. The van der Waals surface area contributed by atoms with E-state index in [4.69, 9.17) is 11.5 Å². The number of anilines is 2. The Labute approximate surface area is 102 Å². The zero-order valence-electron chi connectivity index (χ0n) is 9.56. The van der Waals surface area contributed by atoms with E-state index in [1.165, 1.54) is 0 Å². The molecule has 0 spiro atoms. The van der Waals surface area contributed by atoms with Gasteiger partial charge in [-0.1, -0.05) is 0 Å². The van der Waals surface area contributed by atoms with Gasteiger partial charge < -0.3 is 26.2 Å². The maximum atomic E-state index is 9.58. The third kappa shape index (κ3) is 1.57. The van der Waals surface area contributed by atoms with E-state index in [0.29, 0.717) is 24.0 Å². The van der Waals surface area contributed by atoms with E-state index in [9.17, 15) is 10.2 Å². The van der Waals surface area contributed by atoms with Crippen LogP contribution in [0, 0.1) is 0 Å². The molecule has 1 aliphatic rings. The Balaban J connectivity index is 2.08. The van der Waals surface area contributed by atoms with Gasteiger partial charge in [0.1, 0.15) is 5.52 Å². The number of nitrogen functional groups attached to an aromatic ring is 2. The number of aliphatic hydroxyl groups is 2. The third-order valence-electron chi connectivity index (χ3n) is 3.33. The number of nitrogens with zero attached hydrogens (tertiary/aromatic N) is 4. The monoisotopic (exact) mass is 250 g/mol.